The van der Waals surface area contributed by atoms with Gasteiger partial charge < -0.3 is 10.1 Å². The van der Waals surface area contributed by atoms with E-state index < -0.39 is 0 Å². The van der Waals surface area contributed by atoms with Crippen molar-refractivity contribution in [2.45, 2.75) is 24.3 Å². The van der Waals surface area contributed by atoms with Crippen LogP contribution in [-0.2, 0) is 5.75 Å². The Labute approximate surface area is 161 Å². The van der Waals surface area contributed by atoms with E-state index in [0.29, 0.717) is 28.8 Å². The minimum Gasteiger partial charge on any atom is -0.497 e. The maximum absolute atomic E-state index is 12.5. The molecule has 140 valence electrons. The maximum atomic E-state index is 12.5. The summed E-state index contributed by atoms with van der Waals surface area (Å²) in [5.41, 5.74) is 1.79. The van der Waals surface area contributed by atoms with Gasteiger partial charge in [0.15, 0.2) is 10.9 Å². The molecule has 2 heterocycles. The largest absolute Gasteiger partial charge is 0.497 e. The van der Waals surface area contributed by atoms with Crippen molar-refractivity contribution >= 4 is 17.7 Å². The monoisotopic (exact) mass is 384 g/mol. The molecule has 3 rings (SSSR count). The van der Waals surface area contributed by atoms with Crippen LogP contribution in [0.5, 0.6) is 5.75 Å². The van der Waals surface area contributed by atoms with Crippen LogP contribution in [0.25, 0.3) is 5.69 Å². The Balaban J connectivity index is 1.91. The van der Waals surface area contributed by atoms with Crippen molar-refractivity contribution < 1.29 is 9.53 Å². The molecule has 0 saturated heterocycles. The Hall–Kier alpha value is -2.94. The summed E-state index contributed by atoms with van der Waals surface area (Å²) in [5, 5.41) is 11.8. The number of methoxy groups -OCH3 is 1. The fourth-order valence-electron chi connectivity index (χ4n) is 2.35. The van der Waals surface area contributed by atoms with Crippen molar-refractivity contribution in [1.29, 1.82) is 0 Å². The van der Waals surface area contributed by atoms with Gasteiger partial charge in [0.1, 0.15) is 5.75 Å². The summed E-state index contributed by atoms with van der Waals surface area (Å²) >= 11 is 1.42. The number of aromatic nitrogens is 5. The van der Waals surface area contributed by atoms with Gasteiger partial charge >= 0.3 is 0 Å². The molecule has 3 aromatic rings. The van der Waals surface area contributed by atoms with Crippen LogP contribution in [0.2, 0.25) is 0 Å². The summed E-state index contributed by atoms with van der Waals surface area (Å²) in [4.78, 5) is 20.9. The van der Waals surface area contributed by atoms with Crippen molar-refractivity contribution in [3.63, 3.8) is 0 Å². The van der Waals surface area contributed by atoms with Gasteiger partial charge in [0, 0.05) is 24.7 Å². The summed E-state index contributed by atoms with van der Waals surface area (Å²) in [5.74, 6) is 0.965. The lowest BCUT2D eigenvalue weighted by Gasteiger charge is -2.08. The molecule has 8 nitrogen and oxygen atoms in total. The van der Waals surface area contributed by atoms with Crippen molar-refractivity contribution in [1.82, 2.24) is 30.3 Å². The normalized spacial score (nSPS) is 10.6. The van der Waals surface area contributed by atoms with E-state index in [1.165, 1.54) is 11.8 Å². The van der Waals surface area contributed by atoms with Gasteiger partial charge in [0.25, 0.3) is 5.91 Å². The van der Waals surface area contributed by atoms with E-state index in [0.717, 1.165) is 17.9 Å². The van der Waals surface area contributed by atoms with Crippen molar-refractivity contribution in [3.05, 3.63) is 54.1 Å². The second kappa shape index (κ2) is 9.13. The first-order valence-corrected chi connectivity index (χ1v) is 9.48. The fraction of sp³-hybridized carbons (Fsp3) is 0.278. The molecule has 0 fully saturated rings. The Bertz CT molecular complexity index is 883. The predicted molar refractivity (Wildman–Crippen MR) is 102 cm³/mol. The average molecular weight is 384 g/mol. The molecule has 1 aromatic carbocycles. The second-order valence-corrected chi connectivity index (χ2v) is 6.51. The van der Waals surface area contributed by atoms with E-state index >= 15 is 0 Å². The number of hydrogen-bond donors (Lipinski definition) is 1. The summed E-state index contributed by atoms with van der Waals surface area (Å²) in [6.07, 6.45) is 4.22. The van der Waals surface area contributed by atoms with Gasteiger partial charge in [0.05, 0.1) is 18.5 Å². The van der Waals surface area contributed by atoms with Crippen LogP contribution in [-0.4, -0.2) is 44.5 Å². The molecule has 0 unspecified atom stereocenters. The van der Waals surface area contributed by atoms with E-state index in [4.69, 9.17) is 4.74 Å². The molecule has 0 radical (unpaired) electrons. The zero-order chi connectivity index (χ0) is 19.1. The molecular weight excluding hydrogens is 364 g/mol. The first-order valence-electron chi connectivity index (χ1n) is 8.50. The number of ether oxygens (including phenoxy) is 1. The maximum Gasteiger partial charge on any atom is 0.273 e. The number of nitrogens with zero attached hydrogens (tertiary/aromatic N) is 5. The summed E-state index contributed by atoms with van der Waals surface area (Å²) in [7, 11) is 1.61. The van der Waals surface area contributed by atoms with E-state index in [1.807, 2.05) is 31.2 Å². The third kappa shape index (κ3) is 4.62. The smallest absolute Gasteiger partial charge is 0.273 e. The van der Waals surface area contributed by atoms with E-state index in [2.05, 4.69) is 25.6 Å². The molecule has 1 N–H and O–H groups in total. The summed E-state index contributed by atoms with van der Waals surface area (Å²) in [6.45, 7) is 2.58. The van der Waals surface area contributed by atoms with Gasteiger partial charge in [-0.3, -0.25) is 4.79 Å². The topological polar surface area (TPSA) is 94.8 Å². The van der Waals surface area contributed by atoms with E-state index in [9.17, 15) is 4.79 Å². The fourth-order valence-corrected chi connectivity index (χ4v) is 3.15. The Morgan fingerprint density at radius 1 is 1.22 bits per heavy atom. The summed E-state index contributed by atoms with van der Waals surface area (Å²) in [6, 6.07) is 9.18. The molecule has 0 aliphatic rings. The van der Waals surface area contributed by atoms with Crippen LogP contribution in [0.1, 0.15) is 29.5 Å². The third-order valence-electron chi connectivity index (χ3n) is 3.71. The zero-order valence-corrected chi connectivity index (χ0v) is 15.9. The van der Waals surface area contributed by atoms with Crippen LogP contribution < -0.4 is 10.1 Å². The number of benzene rings is 1. The Morgan fingerprint density at radius 3 is 2.63 bits per heavy atom. The summed E-state index contributed by atoms with van der Waals surface area (Å²) < 4.78 is 6.86. The molecule has 0 bridgehead atoms. The van der Waals surface area contributed by atoms with Gasteiger partial charge in [-0.15, -0.1) is 5.10 Å². The molecule has 0 atom stereocenters. The molecule has 1 amide bonds. The highest BCUT2D eigenvalue weighted by molar-refractivity contribution is 7.98. The van der Waals surface area contributed by atoms with E-state index in [1.54, 1.807) is 30.3 Å². The van der Waals surface area contributed by atoms with Crippen molar-refractivity contribution in [2.75, 3.05) is 13.7 Å². The number of carbonyl (C=O) groups is 1. The molecule has 0 spiro atoms. The molecule has 27 heavy (non-hydrogen) atoms. The third-order valence-corrected chi connectivity index (χ3v) is 4.60. The average Bonchev–Trinajstić information content (AvgIpc) is 3.15. The lowest BCUT2D eigenvalue weighted by Crippen LogP contribution is -2.25. The number of nitrogens with one attached hydrogen (secondary N) is 1. The van der Waals surface area contributed by atoms with Crippen molar-refractivity contribution in [3.8, 4) is 11.4 Å². The Kier molecular flexibility index (Phi) is 6.37. The zero-order valence-electron chi connectivity index (χ0n) is 15.1. The van der Waals surface area contributed by atoms with Gasteiger partial charge in [-0.2, -0.15) is 0 Å². The molecule has 0 saturated carbocycles. The number of rotatable bonds is 8. The number of thioether (sulfide) groups is 1. The van der Waals surface area contributed by atoms with Crippen LogP contribution in [0.3, 0.4) is 0 Å². The first kappa shape index (κ1) is 18.8. The minimum atomic E-state index is -0.235. The minimum absolute atomic E-state index is 0.235. The lowest BCUT2D eigenvalue weighted by molar-refractivity contribution is 0.0948. The highest BCUT2D eigenvalue weighted by atomic mass is 32.2. The lowest BCUT2D eigenvalue weighted by atomic mass is 10.2. The predicted octanol–water partition coefficient (Wildman–Crippen LogP) is 2.50. The quantitative estimate of drug-likeness (QED) is 0.471. The second-order valence-electron chi connectivity index (χ2n) is 5.57. The molecular formula is C18H20N6O2S. The standard InChI is InChI=1S/C18H20N6O2S/c1-3-9-19-17(25)16-15(12-27-18-20-10-4-11-21-18)24(23-22-16)13-5-7-14(26-2)8-6-13/h4-8,10-11H,3,9,12H2,1-2H3,(H,19,25). The molecule has 0 aliphatic carbocycles. The van der Waals surface area contributed by atoms with Gasteiger partial charge in [-0.05, 0) is 36.8 Å². The van der Waals surface area contributed by atoms with Crippen LogP contribution in [0, 0.1) is 0 Å². The molecule has 2 aromatic heterocycles. The van der Waals surface area contributed by atoms with Crippen LogP contribution in [0.4, 0.5) is 0 Å². The number of carbonyl (C=O) groups excluding carboxylic acids is 1. The number of amides is 1. The van der Waals surface area contributed by atoms with Crippen LogP contribution >= 0.6 is 11.8 Å². The van der Waals surface area contributed by atoms with Crippen molar-refractivity contribution in [2.24, 2.45) is 0 Å². The number of hydrogen-bond acceptors (Lipinski definition) is 7. The SMILES string of the molecule is CCCNC(=O)c1nnn(-c2ccc(OC)cc2)c1CSc1ncccn1. The Morgan fingerprint density at radius 2 is 1.96 bits per heavy atom. The van der Waals surface area contributed by atoms with Crippen LogP contribution in [0.15, 0.2) is 47.9 Å². The van der Waals surface area contributed by atoms with E-state index in [-0.39, 0.29) is 5.91 Å². The first-order chi connectivity index (χ1) is 13.2. The van der Waals surface area contributed by atoms with Gasteiger partial charge in [0.2, 0.25) is 0 Å². The van der Waals surface area contributed by atoms with Gasteiger partial charge in [-0.1, -0.05) is 23.9 Å². The molecule has 0 aliphatic heterocycles. The molecule has 9 heteroatoms. The highest BCUT2D eigenvalue weighted by Crippen LogP contribution is 2.23. The highest BCUT2D eigenvalue weighted by Gasteiger charge is 2.21. The van der Waals surface area contributed by atoms with Gasteiger partial charge in [-0.25, -0.2) is 14.6 Å².